The lowest BCUT2D eigenvalue weighted by atomic mass is 10.4. The number of rotatable bonds is 5. The molecule has 0 aliphatic rings. The minimum Gasteiger partial charge on any atom is -0.481 e. The Morgan fingerprint density at radius 2 is 1.67 bits per heavy atom. The van der Waals surface area contributed by atoms with E-state index in [1.165, 1.54) is 32.4 Å². The van der Waals surface area contributed by atoms with Crippen molar-refractivity contribution < 1.29 is 22.3 Å². The predicted octanol–water partition coefficient (Wildman–Crippen LogP) is 1.43. The first-order chi connectivity index (χ1) is 9.96. The van der Waals surface area contributed by atoms with E-state index in [1.807, 2.05) is 0 Å². The standard InChI is InChI=1S/C12H12FN3O4S/c1-19-10-7-11(20-2)15-12(14-10)16-21(17,18)9-6-4-3-5-8(9)13/h3-7H,1-2H3,(H,14,15,16). The van der Waals surface area contributed by atoms with Crippen LogP contribution < -0.4 is 14.2 Å². The molecular formula is C12H12FN3O4S. The Bertz CT molecular complexity index is 730. The molecule has 0 saturated heterocycles. The van der Waals surface area contributed by atoms with Gasteiger partial charge in [-0.3, -0.25) is 0 Å². The molecule has 7 nitrogen and oxygen atoms in total. The van der Waals surface area contributed by atoms with Gasteiger partial charge < -0.3 is 9.47 Å². The topological polar surface area (TPSA) is 90.4 Å². The zero-order valence-corrected chi connectivity index (χ0v) is 12.0. The summed E-state index contributed by atoms with van der Waals surface area (Å²) in [5, 5.41) is 0. The van der Waals surface area contributed by atoms with Crippen LogP contribution >= 0.6 is 0 Å². The average molecular weight is 313 g/mol. The van der Waals surface area contributed by atoms with Crippen LogP contribution in [0, 0.1) is 5.82 Å². The van der Waals surface area contributed by atoms with Crippen LogP contribution in [0.1, 0.15) is 0 Å². The van der Waals surface area contributed by atoms with Crippen molar-refractivity contribution in [3.8, 4) is 11.8 Å². The van der Waals surface area contributed by atoms with E-state index in [9.17, 15) is 12.8 Å². The molecule has 112 valence electrons. The molecule has 0 fully saturated rings. The molecule has 1 heterocycles. The van der Waals surface area contributed by atoms with Gasteiger partial charge in [0.05, 0.1) is 20.3 Å². The van der Waals surface area contributed by atoms with Gasteiger partial charge in [-0.05, 0) is 12.1 Å². The van der Waals surface area contributed by atoms with E-state index in [4.69, 9.17) is 9.47 Å². The molecule has 1 N–H and O–H groups in total. The summed E-state index contributed by atoms with van der Waals surface area (Å²) in [5.41, 5.74) is 0. The number of ether oxygens (including phenoxy) is 2. The van der Waals surface area contributed by atoms with Crippen molar-refractivity contribution in [1.29, 1.82) is 0 Å². The van der Waals surface area contributed by atoms with Crippen molar-refractivity contribution in [3.63, 3.8) is 0 Å². The second-order valence-corrected chi connectivity index (χ2v) is 5.46. The van der Waals surface area contributed by atoms with E-state index in [2.05, 4.69) is 14.7 Å². The largest absolute Gasteiger partial charge is 0.481 e. The molecule has 0 aliphatic carbocycles. The van der Waals surface area contributed by atoms with E-state index in [0.29, 0.717) is 0 Å². The fourth-order valence-electron chi connectivity index (χ4n) is 1.50. The summed E-state index contributed by atoms with van der Waals surface area (Å²) in [6.07, 6.45) is 0. The normalized spacial score (nSPS) is 11.0. The van der Waals surface area contributed by atoms with Crippen LogP contribution in [0.2, 0.25) is 0 Å². The zero-order chi connectivity index (χ0) is 15.5. The predicted molar refractivity (Wildman–Crippen MR) is 72.3 cm³/mol. The summed E-state index contributed by atoms with van der Waals surface area (Å²) in [7, 11) is -1.44. The molecule has 0 radical (unpaired) electrons. The highest BCUT2D eigenvalue weighted by Gasteiger charge is 2.20. The van der Waals surface area contributed by atoms with Crippen molar-refractivity contribution >= 4 is 16.0 Å². The number of nitrogens with one attached hydrogen (secondary N) is 1. The van der Waals surface area contributed by atoms with Crippen LogP contribution in [0.5, 0.6) is 11.8 Å². The molecule has 0 atom stereocenters. The Kier molecular flexibility index (Phi) is 4.22. The van der Waals surface area contributed by atoms with Crippen molar-refractivity contribution in [2.75, 3.05) is 18.9 Å². The molecule has 1 aromatic carbocycles. The highest BCUT2D eigenvalue weighted by Crippen LogP contribution is 2.21. The van der Waals surface area contributed by atoms with Gasteiger partial charge in [-0.25, -0.2) is 17.5 Å². The molecule has 1 aromatic heterocycles. The third-order valence-electron chi connectivity index (χ3n) is 2.45. The van der Waals surface area contributed by atoms with Crippen LogP contribution in [0.3, 0.4) is 0 Å². The third-order valence-corrected chi connectivity index (χ3v) is 3.81. The minimum absolute atomic E-state index is 0.105. The van der Waals surface area contributed by atoms with Crippen LogP contribution in [0.25, 0.3) is 0 Å². The highest BCUT2D eigenvalue weighted by molar-refractivity contribution is 7.92. The number of methoxy groups -OCH3 is 2. The number of nitrogens with zero attached hydrogens (tertiary/aromatic N) is 2. The Labute approximate surface area is 120 Å². The van der Waals surface area contributed by atoms with Crippen molar-refractivity contribution in [2.45, 2.75) is 4.90 Å². The van der Waals surface area contributed by atoms with Crippen molar-refractivity contribution in [1.82, 2.24) is 9.97 Å². The maximum Gasteiger partial charge on any atom is 0.267 e. The SMILES string of the molecule is COc1cc(OC)nc(NS(=O)(=O)c2ccccc2F)n1. The fraction of sp³-hybridized carbons (Fsp3) is 0.167. The summed E-state index contributed by atoms with van der Waals surface area (Å²) in [6.45, 7) is 0. The first-order valence-electron chi connectivity index (χ1n) is 5.70. The maximum atomic E-state index is 13.6. The van der Waals surface area contributed by atoms with Gasteiger partial charge in [0.1, 0.15) is 10.7 Å². The number of hydrogen-bond donors (Lipinski definition) is 1. The quantitative estimate of drug-likeness (QED) is 0.898. The lowest BCUT2D eigenvalue weighted by Gasteiger charge is -2.09. The monoisotopic (exact) mass is 313 g/mol. The van der Waals surface area contributed by atoms with E-state index < -0.39 is 20.7 Å². The van der Waals surface area contributed by atoms with Gasteiger partial charge in [-0.2, -0.15) is 9.97 Å². The Morgan fingerprint density at radius 1 is 1.10 bits per heavy atom. The first-order valence-corrected chi connectivity index (χ1v) is 7.19. The molecular weight excluding hydrogens is 301 g/mol. The number of halogens is 1. The number of hydrogen-bond acceptors (Lipinski definition) is 6. The molecule has 2 aromatic rings. The van der Waals surface area contributed by atoms with Crippen molar-refractivity contribution in [2.24, 2.45) is 0 Å². The summed E-state index contributed by atoms with van der Waals surface area (Å²) in [4.78, 5) is 7.12. The van der Waals surface area contributed by atoms with E-state index >= 15 is 0 Å². The lowest BCUT2D eigenvalue weighted by Crippen LogP contribution is -2.16. The zero-order valence-electron chi connectivity index (χ0n) is 11.2. The van der Waals surface area contributed by atoms with E-state index in [-0.39, 0.29) is 17.7 Å². The number of aromatic nitrogens is 2. The van der Waals surface area contributed by atoms with Gasteiger partial charge >= 0.3 is 0 Å². The number of anilines is 1. The van der Waals surface area contributed by atoms with Crippen LogP contribution in [-0.4, -0.2) is 32.6 Å². The van der Waals surface area contributed by atoms with Gasteiger partial charge in [-0.1, -0.05) is 12.1 Å². The summed E-state index contributed by atoms with van der Waals surface area (Å²) < 4.78 is 49.7. The van der Waals surface area contributed by atoms with Crippen LogP contribution in [0.4, 0.5) is 10.3 Å². The summed E-state index contributed by atoms with van der Waals surface area (Å²) in [6, 6.07) is 6.35. The second-order valence-electron chi connectivity index (χ2n) is 3.81. The highest BCUT2D eigenvalue weighted by atomic mass is 32.2. The molecule has 0 bridgehead atoms. The lowest BCUT2D eigenvalue weighted by molar-refractivity contribution is 0.373. The van der Waals surface area contributed by atoms with E-state index in [0.717, 1.165) is 12.1 Å². The molecule has 21 heavy (non-hydrogen) atoms. The average Bonchev–Trinajstić information content (AvgIpc) is 2.46. The third kappa shape index (κ3) is 3.37. The Hall–Kier alpha value is -2.42. The minimum atomic E-state index is -4.16. The van der Waals surface area contributed by atoms with Gasteiger partial charge in [0.15, 0.2) is 0 Å². The van der Waals surface area contributed by atoms with E-state index in [1.54, 1.807) is 0 Å². The summed E-state index contributed by atoms with van der Waals surface area (Å²) in [5.74, 6) is -0.949. The molecule has 0 unspecified atom stereocenters. The van der Waals surface area contributed by atoms with Crippen LogP contribution in [0.15, 0.2) is 35.2 Å². The molecule has 0 amide bonds. The van der Waals surface area contributed by atoms with Gasteiger partial charge in [0.25, 0.3) is 10.0 Å². The molecule has 2 rings (SSSR count). The number of benzene rings is 1. The van der Waals surface area contributed by atoms with Gasteiger partial charge in [0.2, 0.25) is 17.7 Å². The fourth-order valence-corrected chi connectivity index (χ4v) is 2.52. The molecule has 0 aliphatic heterocycles. The maximum absolute atomic E-state index is 13.6. The molecule has 9 heteroatoms. The van der Waals surface area contributed by atoms with Gasteiger partial charge in [-0.15, -0.1) is 0 Å². The van der Waals surface area contributed by atoms with Crippen molar-refractivity contribution in [3.05, 3.63) is 36.1 Å². The Morgan fingerprint density at radius 3 is 2.19 bits per heavy atom. The molecule has 0 spiro atoms. The number of sulfonamides is 1. The summed E-state index contributed by atoms with van der Waals surface area (Å²) >= 11 is 0. The molecule has 0 saturated carbocycles. The Balaban J connectivity index is 2.39. The van der Waals surface area contributed by atoms with Crippen LogP contribution in [-0.2, 0) is 10.0 Å². The smallest absolute Gasteiger partial charge is 0.267 e. The van der Waals surface area contributed by atoms with Gasteiger partial charge in [0, 0.05) is 0 Å². The first kappa shape index (κ1) is 15.0. The second kappa shape index (κ2) is 5.92.